The van der Waals surface area contributed by atoms with Crippen molar-refractivity contribution in [1.82, 2.24) is 5.32 Å². The number of aryl methyl sites for hydroxylation is 1. The third-order valence-electron chi connectivity index (χ3n) is 3.06. The lowest BCUT2D eigenvalue weighted by atomic mass is 10.1. The molecular weight excluding hydrogens is 276 g/mol. The summed E-state index contributed by atoms with van der Waals surface area (Å²) in [5.41, 5.74) is 1.92. The molecule has 1 N–H and O–H groups in total. The zero-order chi connectivity index (χ0) is 15.4. The van der Waals surface area contributed by atoms with Gasteiger partial charge in [0.05, 0.1) is 7.11 Å². The fourth-order valence-electron chi connectivity index (χ4n) is 1.96. The van der Waals surface area contributed by atoms with Crippen LogP contribution in [-0.2, 0) is 6.54 Å². The van der Waals surface area contributed by atoms with Crippen molar-refractivity contribution in [2.24, 2.45) is 0 Å². The SMILES string of the molecule is COc1ccc(C)cc1CNC(=O)c1ccc(F)c(F)c1. The maximum atomic E-state index is 13.1. The first-order chi connectivity index (χ1) is 10.0. The van der Waals surface area contributed by atoms with Crippen molar-refractivity contribution in [3.8, 4) is 5.75 Å². The maximum absolute atomic E-state index is 13.1. The molecule has 0 aliphatic rings. The Morgan fingerprint density at radius 1 is 1.14 bits per heavy atom. The Morgan fingerprint density at radius 2 is 1.90 bits per heavy atom. The van der Waals surface area contributed by atoms with Crippen molar-refractivity contribution >= 4 is 5.91 Å². The van der Waals surface area contributed by atoms with Gasteiger partial charge in [-0.25, -0.2) is 8.78 Å². The Bertz CT molecular complexity index is 671. The predicted octanol–water partition coefficient (Wildman–Crippen LogP) is 3.21. The molecule has 0 unspecified atom stereocenters. The first kappa shape index (κ1) is 15.0. The van der Waals surface area contributed by atoms with E-state index in [4.69, 9.17) is 4.74 Å². The Morgan fingerprint density at radius 3 is 2.57 bits per heavy atom. The summed E-state index contributed by atoms with van der Waals surface area (Å²) in [5, 5.41) is 2.66. The first-order valence-corrected chi connectivity index (χ1v) is 6.38. The number of methoxy groups -OCH3 is 1. The van der Waals surface area contributed by atoms with E-state index in [-0.39, 0.29) is 12.1 Å². The third kappa shape index (κ3) is 3.56. The molecule has 5 heteroatoms. The minimum atomic E-state index is -1.05. The van der Waals surface area contributed by atoms with Crippen LogP contribution in [0.2, 0.25) is 0 Å². The van der Waals surface area contributed by atoms with Crippen molar-refractivity contribution in [2.75, 3.05) is 7.11 Å². The minimum absolute atomic E-state index is 0.0699. The molecule has 110 valence electrons. The molecule has 0 aromatic heterocycles. The second-order valence-electron chi connectivity index (χ2n) is 4.63. The summed E-state index contributed by atoms with van der Waals surface area (Å²) in [7, 11) is 1.55. The number of hydrogen-bond acceptors (Lipinski definition) is 2. The molecule has 21 heavy (non-hydrogen) atoms. The summed E-state index contributed by atoms with van der Waals surface area (Å²) in [6.45, 7) is 2.17. The first-order valence-electron chi connectivity index (χ1n) is 6.38. The van der Waals surface area contributed by atoms with Gasteiger partial charge in [0.15, 0.2) is 11.6 Å². The highest BCUT2D eigenvalue weighted by Gasteiger charge is 2.10. The summed E-state index contributed by atoms with van der Waals surface area (Å²) >= 11 is 0. The fraction of sp³-hybridized carbons (Fsp3) is 0.188. The van der Waals surface area contributed by atoms with E-state index < -0.39 is 17.5 Å². The highest BCUT2D eigenvalue weighted by Crippen LogP contribution is 2.19. The molecule has 0 aliphatic heterocycles. The van der Waals surface area contributed by atoms with Crippen molar-refractivity contribution in [2.45, 2.75) is 13.5 Å². The van der Waals surface area contributed by atoms with Crippen molar-refractivity contribution in [3.63, 3.8) is 0 Å². The standard InChI is InChI=1S/C16H15F2NO2/c1-10-3-6-15(21-2)12(7-10)9-19-16(20)11-4-5-13(17)14(18)8-11/h3-8H,9H2,1-2H3,(H,19,20). The molecule has 0 aliphatic carbocycles. The van der Waals surface area contributed by atoms with Gasteiger partial charge in [0, 0.05) is 17.7 Å². The maximum Gasteiger partial charge on any atom is 0.251 e. The molecule has 1 amide bonds. The van der Waals surface area contributed by atoms with Gasteiger partial charge in [0.25, 0.3) is 5.91 Å². The number of amides is 1. The van der Waals surface area contributed by atoms with Crippen LogP contribution in [0.15, 0.2) is 36.4 Å². The Balaban J connectivity index is 2.10. The fourth-order valence-corrected chi connectivity index (χ4v) is 1.96. The van der Waals surface area contributed by atoms with Gasteiger partial charge in [-0.2, -0.15) is 0 Å². The number of rotatable bonds is 4. The van der Waals surface area contributed by atoms with E-state index in [1.54, 1.807) is 7.11 Å². The number of ether oxygens (including phenoxy) is 1. The number of carbonyl (C=O) groups is 1. The lowest BCUT2D eigenvalue weighted by Gasteiger charge is -2.11. The molecule has 2 rings (SSSR count). The number of halogens is 2. The van der Waals surface area contributed by atoms with Crippen LogP contribution in [0, 0.1) is 18.6 Å². The van der Waals surface area contributed by atoms with E-state index >= 15 is 0 Å². The summed E-state index contributed by atoms with van der Waals surface area (Å²) in [6.07, 6.45) is 0. The molecular formula is C16H15F2NO2. The van der Waals surface area contributed by atoms with Gasteiger partial charge in [0.2, 0.25) is 0 Å². The molecule has 0 atom stereocenters. The van der Waals surface area contributed by atoms with Crippen molar-refractivity contribution < 1.29 is 18.3 Å². The molecule has 0 heterocycles. The Labute approximate surface area is 121 Å². The quantitative estimate of drug-likeness (QED) is 0.939. The highest BCUT2D eigenvalue weighted by molar-refractivity contribution is 5.94. The molecule has 0 saturated carbocycles. The van der Waals surface area contributed by atoms with Gasteiger partial charge in [-0.3, -0.25) is 4.79 Å². The third-order valence-corrected chi connectivity index (χ3v) is 3.06. The average Bonchev–Trinajstić information content (AvgIpc) is 2.47. The molecule has 2 aromatic rings. The highest BCUT2D eigenvalue weighted by atomic mass is 19.2. The van der Waals surface area contributed by atoms with Gasteiger partial charge < -0.3 is 10.1 Å². The lowest BCUT2D eigenvalue weighted by Crippen LogP contribution is -2.23. The number of benzene rings is 2. The Kier molecular flexibility index (Phi) is 4.52. The number of nitrogens with one attached hydrogen (secondary N) is 1. The van der Waals surface area contributed by atoms with E-state index in [1.807, 2.05) is 25.1 Å². The van der Waals surface area contributed by atoms with Crippen LogP contribution in [-0.4, -0.2) is 13.0 Å². The van der Waals surface area contributed by atoms with Crippen LogP contribution >= 0.6 is 0 Å². The summed E-state index contributed by atoms with van der Waals surface area (Å²) < 4.78 is 31.1. The van der Waals surface area contributed by atoms with Gasteiger partial charge >= 0.3 is 0 Å². The predicted molar refractivity (Wildman–Crippen MR) is 75.3 cm³/mol. The van der Waals surface area contributed by atoms with E-state index in [2.05, 4.69) is 5.32 Å². The Hall–Kier alpha value is -2.43. The van der Waals surface area contributed by atoms with Crippen molar-refractivity contribution in [1.29, 1.82) is 0 Å². The number of hydrogen-bond donors (Lipinski definition) is 1. The van der Waals surface area contributed by atoms with Crippen LogP contribution in [0.3, 0.4) is 0 Å². The number of carbonyl (C=O) groups excluding carboxylic acids is 1. The second kappa shape index (κ2) is 6.35. The van der Waals surface area contributed by atoms with Crippen LogP contribution in [0.5, 0.6) is 5.75 Å². The second-order valence-corrected chi connectivity index (χ2v) is 4.63. The van der Waals surface area contributed by atoms with Gasteiger partial charge in [-0.05, 0) is 31.2 Å². The van der Waals surface area contributed by atoms with Gasteiger partial charge in [0.1, 0.15) is 5.75 Å². The van der Waals surface area contributed by atoms with Gasteiger partial charge in [-0.1, -0.05) is 17.7 Å². The average molecular weight is 291 g/mol. The normalized spacial score (nSPS) is 10.3. The smallest absolute Gasteiger partial charge is 0.251 e. The summed E-state index contributed by atoms with van der Waals surface area (Å²) in [5.74, 6) is -1.84. The molecule has 2 aromatic carbocycles. The molecule has 0 saturated heterocycles. The molecule has 3 nitrogen and oxygen atoms in total. The zero-order valence-electron chi connectivity index (χ0n) is 11.7. The van der Waals surface area contributed by atoms with Gasteiger partial charge in [-0.15, -0.1) is 0 Å². The van der Waals surface area contributed by atoms with E-state index in [0.717, 1.165) is 23.3 Å². The van der Waals surface area contributed by atoms with Crippen LogP contribution in [0.4, 0.5) is 8.78 Å². The zero-order valence-corrected chi connectivity index (χ0v) is 11.7. The molecule has 0 radical (unpaired) electrons. The molecule has 0 bridgehead atoms. The largest absolute Gasteiger partial charge is 0.496 e. The topological polar surface area (TPSA) is 38.3 Å². The monoisotopic (exact) mass is 291 g/mol. The summed E-state index contributed by atoms with van der Waals surface area (Å²) in [6, 6.07) is 8.65. The van der Waals surface area contributed by atoms with E-state index in [1.165, 1.54) is 6.07 Å². The van der Waals surface area contributed by atoms with Crippen LogP contribution in [0.1, 0.15) is 21.5 Å². The molecule has 0 fully saturated rings. The summed E-state index contributed by atoms with van der Waals surface area (Å²) in [4.78, 5) is 11.9. The van der Waals surface area contributed by atoms with Crippen molar-refractivity contribution in [3.05, 3.63) is 64.7 Å². The van der Waals surface area contributed by atoms with E-state index in [9.17, 15) is 13.6 Å². The minimum Gasteiger partial charge on any atom is -0.496 e. The lowest BCUT2D eigenvalue weighted by molar-refractivity contribution is 0.0950. The van der Waals surface area contributed by atoms with Crippen LogP contribution in [0.25, 0.3) is 0 Å². The van der Waals surface area contributed by atoms with E-state index in [0.29, 0.717) is 5.75 Å². The molecule has 0 spiro atoms. The van der Waals surface area contributed by atoms with Crippen LogP contribution < -0.4 is 10.1 Å².